The first-order chi connectivity index (χ1) is 27.6. The topological polar surface area (TPSA) is 6.48 Å². The van der Waals surface area contributed by atoms with Gasteiger partial charge < -0.3 is 9.80 Å². The fourth-order valence-electron chi connectivity index (χ4n) is 8.79. The third-order valence-electron chi connectivity index (χ3n) is 12.1. The van der Waals surface area contributed by atoms with Gasteiger partial charge in [-0.3, -0.25) is 0 Å². The maximum absolute atomic E-state index is 2.65. The predicted molar refractivity (Wildman–Crippen MR) is 250 cm³/mol. The smallest absolute Gasteiger partial charge is 0.0366 e. The van der Waals surface area contributed by atoms with Crippen molar-refractivity contribution >= 4 is 11.4 Å². The Kier molecular flexibility index (Phi) is 21.3. The Morgan fingerprint density at radius 1 is 0.357 bits per heavy atom. The van der Waals surface area contributed by atoms with Gasteiger partial charge in [0.15, 0.2) is 0 Å². The second kappa shape index (κ2) is 26.4. The molecule has 2 heteroatoms. The first-order valence-corrected chi connectivity index (χ1v) is 23.4. The molecule has 0 fully saturated rings. The highest BCUT2D eigenvalue weighted by atomic mass is 15.1. The Morgan fingerprint density at radius 3 is 0.982 bits per heavy atom. The van der Waals surface area contributed by atoms with Crippen molar-refractivity contribution in [2.45, 2.75) is 169 Å². The summed E-state index contributed by atoms with van der Waals surface area (Å²) >= 11 is 0. The molecule has 4 rings (SSSR count). The summed E-state index contributed by atoms with van der Waals surface area (Å²) in [6.45, 7) is 18.6. The minimum atomic E-state index is 0.505. The summed E-state index contributed by atoms with van der Waals surface area (Å²) in [6.07, 6.45) is 22.4. The van der Waals surface area contributed by atoms with Gasteiger partial charge >= 0.3 is 0 Å². The van der Waals surface area contributed by atoms with E-state index in [2.05, 4.69) is 148 Å². The summed E-state index contributed by atoms with van der Waals surface area (Å²) in [6, 6.07) is 38.1. The molecule has 0 aliphatic rings. The highest BCUT2D eigenvalue weighted by Crippen LogP contribution is 2.36. The number of rotatable bonds is 29. The molecule has 2 atom stereocenters. The van der Waals surface area contributed by atoms with Gasteiger partial charge in [-0.25, -0.2) is 0 Å². The van der Waals surface area contributed by atoms with Gasteiger partial charge in [0.1, 0.15) is 0 Å². The molecule has 0 saturated heterocycles. The maximum Gasteiger partial charge on any atom is 0.0366 e. The van der Waals surface area contributed by atoms with Crippen LogP contribution in [0.1, 0.15) is 178 Å². The Labute approximate surface area is 345 Å². The van der Waals surface area contributed by atoms with E-state index in [1.54, 1.807) is 0 Å². The molecule has 306 valence electrons. The molecule has 0 radical (unpaired) electrons. The SMILES string of the molecule is CCCCCN(CCCCC)c1ccc(C(CCC)Cc2ccccc2-c2ccccc2CC(CCC)c2ccc(N(CCCCC)CCCCC)cc2)cc1. The Bertz CT molecular complexity index is 1450. The maximum atomic E-state index is 2.65. The van der Waals surface area contributed by atoms with E-state index in [4.69, 9.17) is 0 Å². The van der Waals surface area contributed by atoms with Gasteiger partial charge in [0, 0.05) is 37.6 Å². The molecule has 0 N–H and O–H groups in total. The number of benzene rings is 4. The highest BCUT2D eigenvalue weighted by Gasteiger charge is 2.20. The summed E-state index contributed by atoms with van der Waals surface area (Å²) in [5.74, 6) is 1.01. The van der Waals surface area contributed by atoms with Crippen molar-refractivity contribution < 1.29 is 0 Å². The molecular weight excluding hydrogens is 677 g/mol. The van der Waals surface area contributed by atoms with Gasteiger partial charge in [-0.1, -0.05) is 179 Å². The van der Waals surface area contributed by atoms with Crippen LogP contribution in [0.25, 0.3) is 11.1 Å². The van der Waals surface area contributed by atoms with E-state index in [1.165, 1.54) is 174 Å². The minimum absolute atomic E-state index is 0.505. The molecule has 0 heterocycles. The zero-order chi connectivity index (χ0) is 39.8. The van der Waals surface area contributed by atoms with Crippen molar-refractivity contribution in [3.05, 3.63) is 119 Å². The molecule has 4 aromatic carbocycles. The Morgan fingerprint density at radius 2 is 0.679 bits per heavy atom. The number of nitrogens with zero attached hydrogens (tertiary/aromatic N) is 2. The standard InChI is InChI=1S/C54H80N2/c1-7-13-21-39-55(40-22-14-8-2)51-35-31-45(32-36-51)47(25-11-5)43-49-27-17-19-29-53(49)54-30-20-18-28-50(54)44-48(26-12-6)46-33-37-52(38-34-46)56(41-23-15-9-3)42-24-16-10-4/h17-20,27-38,47-48H,7-16,21-26,39-44H2,1-6H3. The van der Waals surface area contributed by atoms with E-state index in [-0.39, 0.29) is 0 Å². The molecule has 0 aliphatic carbocycles. The van der Waals surface area contributed by atoms with Crippen molar-refractivity contribution in [2.24, 2.45) is 0 Å². The van der Waals surface area contributed by atoms with Crippen molar-refractivity contribution in [2.75, 3.05) is 36.0 Å². The summed E-state index contributed by atoms with van der Waals surface area (Å²) in [5, 5.41) is 0. The molecule has 0 spiro atoms. The quantitative estimate of drug-likeness (QED) is 0.0509. The van der Waals surface area contributed by atoms with Crippen LogP contribution in [-0.2, 0) is 12.8 Å². The van der Waals surface area contributed by atoms with Crippen molar-refractivity contribution in [1.82, 2.24) is 0 Å². The number of hydrogen-bond acceptors (Lipinski definition) is 2. The van der Waals surface area contributed by atoms with Crippen LogP contribution in [0, 0.1) is 0 Å². The second-order valence-electron chi connectivity index (χ2n) is 16.7. The third-order valence-corrected chi connectivity index (χ3v) is 12.1. The molecule has 0 aliphatic heterocycles. The van der Waals surface area contributed by atoms with Gasteiger partial charge in [0.25, 0.3) is 0 Å². The van der Waals surface area contributed by atoms with Gasteiger partial charge in [-0.05, 0) is 121 Å². The van der Waals surface area contributed by atoms with Crippen molar-refractivity contribution in [3.8, 4) is 11.1 Å². The van der Waals surface area contributed by atoms with Crippen LogP contribution in [-0.4, -0.2) is 26.2 Å². The molecule has 0 bridgehead atoms. The molecule has 0 aromatic heterocycles. The molecular formula is C54H80N2. The van der Waals surface area contributed by atoms with Crippen LogP contribution in [0.15, 0.2) is 97.1 Å². The van der Waals surface area contributed by atoms with Crippen LogP contribution in [0.4, 0.5) is 11.4 Å². The molecule has 2 nitrogen and oxygen atoms in total. The van der Waals surface area contributed by atoms with E-state index in [0.717, 1.165) is 12.8 Å². The summed E-state index contributed by atoms with van der Waals surface area (Å²) in [7, 11) is 0. The van der Waals surface area contributed by atoms with E-state index in [0.29, 0.717) is 11.8 Å². The van der Waals surface area contributed by atoms with Crippen LogP contribution in [0.3, 0.4) is 0 Å². The van der Waals surface area contributed by atoms with Gasteiger partial charge in [-0.15, -0.1) is 0 Å². The van der Waals surface area contributed by atoms with Crippen LogP contribution in [0.2, 0.25) is 0 Å². The van der Waals surface area contributed by atoms with E-state index < -0.39 is 0 Å². The molecule has 2 unspecified atom stereocenters. The molecule has 56 heavy (non-hydrogen) atoms. The molecule has 0 saturated carbocycles. The fourth-order valence-corrected chi connectivity index (χ4v) is 8.79. The Hall–Kier alpha value is -3.52. The highest BCUT2D eigenvalue weighted by molar-refractivity contribution is 5.71. The van der Waals surface area contributed by atoms with Gasteiger partial charge in [0.05, 0.1) is 0 Å². The average Bonchev–Trinajstić information content (AvgIpc) is 3.23. The second-order valence-corrected chi connectivity index (χ2v) is 16.7. The summed E-state index contributed by atoms with van der Waals surface area (Å²) in [4.78, 5) is 5.29. The monoisotopic (exact) mass is 757 g/mol. The lowest BCUT2D eigenvalue weighted by atomic mass is 9.82. The Balaban J connectivity index is 1.56. The van der Waals surface area contributed by atoms with E-state index in [9.17, 15) is 0 Å². The molecule has 4 aromatic rings. The lowest BCUT2D eigenvalue weighted by Gasteiger charge is -2.26. The number of hydrogen-bond donors (Lipinski definition) is 0. The third kappa shape index (κ3) is 14.5. The first-order valence-electron chi connectivity index (χ1n) is 23.4. The molecule has 0 amide bonds. The predicted octanol–water partition coefficient (Wildman–Crippen LogP) is 16.0. The van der Waals surface area contributed by atoms with Gasteiger partial charge in [-0.2, -0.15) is 0 Å². The number of unbranched alkanes of at least 4 members (excludes halogenated alkanes) is 8. The first kappa shape index (κ1) is 45.2. The van der Waals surface area contributed by atoms with Crippen molar-refractivity contribution in [1.29, 1.82) is 0 Å². The largest absolute Gasteiger partial charge is 0.372 e. The minimum Gasteiger partial charge on any atom is -0.372 e. The normalized spacial score (nSPS) is 12.5. The lowest BCUT2D eigenvalue weighted by Crippen LogP contribution is -2.25. The summed E-state index contributed by atoms with van der Waals surface area (Å²) < 4.78 is 0. The van der Waals surface area contributed by atoms with Crippen molar-refractivity contribution in [3.63, 3.8) is 0 Å². The average molecular weight is 757 g/mol. The van der Waals surface area contributed by atoms with Crippen LogP contribution >= 0.6 is 0 Å². The zero-order valence-corrected chi connectivity index (χ0v) is 36.8. The lowest BCUT2D eigenvalue weighted by molar-refractivity contribution is 0.608. The van der Waals surface area contributed by atoms with Crippen LogP contribution in [0.5, 0.6) is 0 Å². The van der Waals surface area contributed by atoms with E-state index in [1.807, 2.05) is 0 Å². The fraction of sp³-hybridized carbons (Fsp3) is 0.556. The number of anilines is 2. The van der Waals surface area contributed by atoms with E-state index >= 15 is 0 Å². The summed E-state index contributed by atoms with van der Waals surface area (Å²) in [5.41, 5.74) is 11.6. The zero-order valence-electron chi connectivity index (χ0n) is 36.8. The van der Waals surface area contributed by atoms with Gasteiger partial charge in [0.2, 0.25) is 0 Å². The van der Waals surface area contributed by atoms with Crippen LogP contribution < -0.4 is 9.80 Å².